The Morgan fingerprint density at radius 3 is 2.75 bits per heavy atom. The number of rotatable bonds is 3. The molecule has 0 saturated carbocycles. The van der Waals surface area contributed by atoms with Crippen LogP contribution in [0.25, 0.3) is 11.0 Å². The average molecular weight is 237 g/mol. The van der Waals surface area contributed by atoms with Crippen molar-refractivity contribution in [2.75, 3.05) is 0 Å². The molecule has 0 spiro atoms. The molecule has 2 aromatic rings. The normalized spacial score (nSPS) is 11.6. The van der Waals surface area contributed by atoms with Crippen molar-refractivity contribution in [1.82, 2.24) is 9.55 Å². The van der Waals surface area contributed by atoms with E-state index in [-0.39, 0.29) is 0 Å². The van der Waals surface area contributed by atoms with Gasteiger partial charge in [0, 0.05) is 6.54 Å². The molecule has 86 valence electrons. The summed E-state index contributed by atoms with van der Waals surface area (Å²) in [5.41, 5.74) is 3.55. The van der Waals surface area contributed by atoms with Gasteiger partial charge in [-0.1, -0.05) is 26.0 Å². The number of hydrogen-bond donors (Lipinski definition) is 0. The Balaban J connectivity index is 2.66. The molecular weight excluding hydrogens is 220 g/mol. The third-order valence-electron chi connectivity index (χ3n) is 2.71. The Hall–Kier alpha value is -1.02. The smallest absolute Gasteiger partial charge is 0.124 e. The first-order chi connectivity index (χ1) is 7.63. The minimum atomic E-state index is 0.473. The SMILES string of the molecule is Cc1cccc2nc(CCl)n(CC(C)C)c12. The topological polar surface area (TPSA) is 17.8 Å². The highest BCUT2D eigenvalue weighted by atomic mass is 35.5. The van der Waals surface area contributed by atoms with E-state index < -0.39 is 0 Å². The minimum Gasteiger partial charge on any atom is -0.327 e. The summed E-state index contributed by atoms with van der Waals surface area (Å²) in [5.74, 6) is 2.04. The number of benzene rings is 1. The maximum absolute atomic E-state index is 5.96. The number of fused-ring (bicyclic) bond motifs is 1. The highest BCUT2D eigenvalue weighted by molar-refractivity contribution is 6.16. The highest BCUT2D eigenvalue weighted by Crippen LogP contribution is 2.22. The molecule has 16 heavy (non-hydrogen) atoms. The summed E-state index contributed by atoms with van der Waals surface area (Å²) in [6.07, 6.45) is 0. The van der Waals surface area contributed by atoms with Gasteiger partial charge in [-0.25, -0.2) is 4.98 Å². The lowest BCUT2D eigenvalue weighted by Gasteiger charge is -2.11. The molecule has 2 rings (SSSR count). The molecule has 0 aliphatic rings. The summed E-state index contributed by atoms with van der Waals surface area (Å²) in [6.45, 7) is 7.52. The van der Waals surface area contributed by atoms with Crippen molar-refractivity contribution in [3.63, 3.8) is 0 Å². The quantitative estimate of drug-likeness (QED) is 0.743. The van der Waals surface area contributed by atoms with Gasteiger partial charge in [-0.3, -0.25) is 0 Å². The van der Waals surface area contributed by atoms with Crippen LogP contribution < -0.4 is 0 Å². The Bertz CT molecular complexity index is 500. The van der Waals surface area contributed by atoms with Crippen LogP contribution in [0.1, 0.15) is 25.2 Å². The lowest BCUT2D eigenvalue weighted by Crippen LogP contribution is -2.08. The van der Waals surface area contributed by atoms with E-state index in [2.05, 4.69) is 42.5 Å². The van der Waals surface area contributed by atoms with Gasteiger partial charge in [0.15, 0.2) is 0 Å². The fourth-order valence-corrected chi connectivity index (χ4v) is 2.28. The third-order valence-corrected chi connectivity index (χ3v) is 2.95. The number of aromatic nitrogens is 2. The zero-order valence-electron chi connectivity index (χ0n) is 10.00. The van der Waals surface area contributed by atoms with Gasteiger partial charge in [0.05, 0.1) is 16.9 Å². The Labute approximate surface area is 101 Å². The van der Waals surface area contributed by atoms with E-state index in [0.29, 0.717) is 11.8 Å². The summed E-state index contributed by atoms with van der Waals surface area (Å²) in [6, 6.07) is 6.22. The molecule has 0 atom stereocenters. The largest absolute Gasteiger partial charge is 0.327 e. The van der Waals surface area contributed by atoms with Crippen molar-refractivity contribution in [1.29, 1.82) is 0 Å². The molecule has 0 N–H and O–H groups in total. The average Bonchev–Trinajstić information content (AvgIpc) is 2.57. The number of nitrogens with zero attached hydrogens (tertiary/aromatic N) is 2. The van der Waals surface area contributed by atoms with E-state index in [9.17, 15) is 0 Å². The highest BCUT2D eigenvalue weighted by Gasteiger charge is 2.12. The van der Waals surface area contributed by atoms with E-state index in [1.807, 2.05) is 6.07 Å². The lowest BCUT2D eigenvalue weighted by atomic mass is 10.2. The molecule has 0 aliphatic heterocycles. The number of para-hydroxylation sites is 1. The Kier molecular flexibility index (Phi) is 3.20. The van der Waals surface area contributed by atoms with Crippen LogP contribution in [0.4, 0.5) is 0 Å². The van der Waals surface area contributed by atoms with Crippen LogP contribution in [-0.2, 0) is 12.4 Å². The van der Waals surface area contributed by atoms with Gasteiger partial charge < -0.3 is 4.57 Å². The van der Waals surface area contributed by atoms with Crippen LogP contribution in [0.15, 0.2) is 18.2 Å². The van der Waals surface area contributed by atoms with Crippen molar-refractivity contribution < 1.29 is 0 Å². The standard InChI is InChI=1S/C13H17ClN2/c1-9(2)8-16-12(7-14)15-11-6-4-5-10(3)13(11)16/h4-6,9H,7-8H2,1-3H3. The van der Waals surface area contributed by atoms with E-state index in [4.69, 9.17) is 11.6 Å². The first kappa shape index (κ1) is 11.5. The maximum atomic E-state index is 5.96. The summed E-state index contributed by atoms with van der Waals surface area (Å²) in [4.78, 5) is 4.58. The van der Waals surface area contributed by atoms with Crippen LogP contribution in [0.2, 0.25) is 0 Å². The molecule has 0 radical (unpaired) electrons. The van der Waals surface area contributed by atoms with Gasteiger partial charge in [-0.2, -0.15) is 0 Å². The molecule has 3 heteroatoms. The number of aryl methyl sites for hydroxylation is 1. The van der Waals surface area contributed by atoms with Crippen LogP contribution in [-0.4, -0.2) is 9.55 Å². The predicted octanol–water partition coefficient (Wildman–Crippen LogP) is 3.74. The van der Waals surface area contributed by atoms with E-state index in [0.717, 1.165) is 17.9 Å². The van der Waals surface area contributed by atoms with E-state index >= 15 is 0 Å². The van der Waals surface area contributed by atoms with Crippen molar-refractivity contribution >= 4 is 22.6 Å². The molecular formula is C13H17ClN2. The molecule has 1 heterocycles. The molecule has 0 aliphatic carbocycles. The second kappa shape index (κ2) is 4.46. The van der Waals surface area contributed by atoms with Crippen molar-refractivity contribution in [3.8, 4) is 0 Å². The van der Waals surface area contributed by atoms with Crippen LogP contribution in [0.3, 0.4) is 0 Å². The monoisotopic (exact) mass is 236 g/mol. The molecule has 2 nitrogen and oxygen atoms in total. The zero-order chi connectivity index (χ0) is 11.7. The number of hydrogen-bond acceptors (Lipinski definition) is 1. The van der Waals surface area contributed by atoms with Gasteiger partial charge in [-0.05, 0) is 24.5 Å². The summed E-state index contributed by atoms with van der Waals surface area (Å²) < 4.78 is 2.25. The third kappa shape index (κ3) is 1.94. The van der Waals surface area contributed by atoms with Crippen molar-refractivity contribution in [3.05, 3.63) is 29.6 Å². The Morgan fingerprint density at radius 1 is 1.38 bits per heavy atom. The number of imidazole rings is 1. The molecule has 0 bridgehead atoms. The van der Waals surface area contributed by atoms with Crippen molar-refractivity contribution in [2.45, 2.75) is 33.2 Å². The van der Waals surface area contributed by atoms with E-state index in [1.54, 1.807) is 0 Å². The Morgan fingerprint density at radius 2 is 2.12 bits per heavy atom. The fraction of sp³-hybridized carbons (Fsp3) is 0.462. The summed E-state index contributed by atoms with van der Waals surface area (Å²) in [7, 11) is 0. The van der Waals surface area contributed by atoms with Gasteiger partial charge in [0.2, 0.25) is 0 Å². The molecule has 1 aromatic carbocycles. The molecule has 1 aromatic heterocycles. The second-order valence-electron chi connectivity index (χ2n) is 4.61. The number of halogens is 1. The van der Waals surface area contributed by atoms with Crippen molar-refractivity contribution in [2.24, 2.45) is 5.92 Å². The van der Waals surface area contributed by atoms with E-state index in [1.165, 1.54) is 11.1 Å². The minimum absolute atomic E-state index is 0.473. The first-order valence-electron chi connectivity index (χ1n) is 5.64. The summed E-state index contributed by atoms with van der Waals surface area (Å²) in [5, 5.41) is 0. The molecule has 0 amide bonds. The lowest BCUT2D eigenvalue weighted by molar-refractivity contribution is 0.522. The predicted molar refractivity (Wildman–Crippen MR) is 68.9 cm³/mol. The molecule has 0 fully saturated rings. The van der Waals surface area contributed by atoms with Gasteiger partial charge >= 0.3 is 0 Å². The zero-order valence-corrected chi connectivity index (χ0v) is 10.8. The fourth-order valence-electron chi connectivity index (χ4n) is 2.08. The maximum Gasteiger partial charge on any atom is 0.124 e. The van der Waals surface area contributed by atoms with Gasteiger partial charge in [-0.15, -0.1) is 11.6 Å². The van der Waals surface area contributed by atoms with Crippen LogP contribution in [0, 0.1) is 12.8 Å². The first-order valence-corrected chi connectivity index (χ1v) is 6.17. The van der Waals surface area contributed by atoms with Crippen LogP contribution in [0.5, 0.6) is 0 Å². The van der Waals surface area contributed by atoms with Crippen LogP contribution >= 0.6 is 11.6 Å². The van der Waals surface area contributed by atoms with Gasteiger partial charge in [0.25, 0.3) is 0 Å². The van der Waals surface area contributed by atoms with Gasteiger partial charge in [0.1, 0.15) is 5.82 Å². The second-order valence-corrected chi connectivity index (χ2v) is 4.88. The number of alkyl halides is 1. The molecule has 0 unspecified atom stereocenters. The summed E-state index contributed by atoms with van der Waals surface area (Å²) >= 11 is 5.96. The molecule has 0 saturated heterocycles.